The SMILES string of the molecule is COC[C@H](NC(=O)c1cc(C)on1)C(=O)C[C@@H](Cc1ccccc1)C(=O)N[C@@H](CC(C)C)C(=O)[C@@]1(C)CO1.Cc1cc(C(=O)O)no1. The van der Waals surface area contributed by atoms with Gasteiger partial charge < -0.3 is 34.3 Å². The second-order valence-corrected chi connectivity index (χ2v) is 12.1. The number of epoxide rings is 1. The number of amides is 2. The summed E-state index contributed by atoms with van der Waals surface area (Å²) in [5.74, 6) is -2.24. The summed E-state index contributed by atoms with van der Waals surface area (Å²) in [6.07, 6.45) is 0.573. The lowest BCUT2D eigenvalue weighted by atomic mass is 9.89. The maximum absolute atomic E-state index is 13.6. The van der Waals surface area contributed by atoms with Crippen molar-refractivity contribution in [2.75, 3.05) is 20.3 Å². The number of methoxy groups -OCH3 is 1. The Morgan fingerprint density at radius 2 is 1.55 bits per heavy atom. The van der Waals surface area contributed by atoms with Crippen LogP contribution in [0.2, 0.25) is 0 Å². The number of hydrogen-bond donors (Lipinski definition) is 3. The fourth-order valence-electron chi connectivity index (χ4n) is 4.71. The van der Waals surface area contributed by atoms with Crippen LogP contribution < -0.4 is 10.6 Å². The van der Waals surface area contributed by atoms with E-state index in [1.807, 2.05) is 44.2 Å². The van der Waals surface area contributed by atoms with Gasteiger partial charge in [-0.2, -0.15) is 0 Å². The third-order valence-electron chi connectivity index (χ3n) is 7.32. The zero-order valence-electron chi connectivity index (χ0n) is 27.4. The predicted octanol–water partition coefficient (Wildman–Crippen LogP) is 3.12. The lowest BCUT2D eigenvalue weighted by Crippen LogP contribution is -2.50. The van der Waals surface area contributed by atoms with E-state index in [-0.39, 0.29) is 48.3 Å². The van der Waals surface area contributed by atoms with Gasteiger partial charge in [0.15, 0.2) is 23.0 Å². The van der Waals surface area contributed by atoms with Crippen molar-refractivity contribution in [3.05, 3.63) is 70.9 Å². The van der Waals surface area contributed by atoms with E-state index in [9.17, 15) is 24.0 Å². The maximum atomic E-state index is 13.6. The molecule has 2 aromatic heterocycles. The van der Waals surface area contributed by atoms with Crippen LogP contribution in [0.15, 0.2) is 51.5 Å². The second-order valence-electron chi connectivity index (χ2n) is 12.1. The molecule has 3 aromatic rings. The van der Waals surface area contributed by atoms with Gasteiger partial charge in [-0.05, 0) is 45.1 Å². The van der Waals surface area contributed by atoms with Crippen LogP contribution in [0.25, 0.3) is 0 Å². The van der Waals surface area contributed by atoms with Crippen molar-refractivity contribution in [3.63, 3.8) is 0 Å². The number of benzene rings is 1. The normalized spacial score (nSPS) is 17.1. The zero-order chi connectivity index (χ0) is 34.7. The first-order valence-corrected chi connectivity index (χ1v) is 15.2. The van der Waals surface area contributed by atoms with Gasteiger partial charge in [0.1, 0.15) is 23.2 Å². The summed E-state index contributed by atoms with van der Waals surface area (Å²) in [4.78, 5) is 62.7. The van der Waals surface area contributed by atoms with Crippen LogP contribution in [0.5, 0.6) is 0 Å². The Hall–Kier alpha value is -4.69. The quantitative estimate of drug-likeness (QED) is 0.191. The molecular weight excluding hydrogens is 612 g/mol. The molecule has 1 saturated heterocycles. The molecule has 2 amide bonds. The van der Waals surface area contributed by atoms with Gasteiger partial charge in [-0.25, -0.2) is 4.79 Å². The van der Waals surface area contributed by atoms with Crippen LogP contribution in [-0.4, -0.2) is 82.8 Å². The highest BCUT2D eigenvalue weighted by molar-refractivity contribution is 5.99. The number of carbonyl (C=O) groups excluding carboxylic acids is 4. The van der Waals surface area contributed by atoms with Crippen molar-refractivity contribution in [1.29, 1.82) is 0 Å². The van der Waals surface area contributed by atoms with Gasteiger partial charge in [0.25, 0.3) is 5.91 Å². The fourth-order valence-corrected chi connectivity index (χ4v) is 4.71. The molecule has 4 atom stereocenters. The molecular formula is C33H42N4O10. The minimum absolute atomic E-state index is 0.0424. The fraction of sp³-hybridized carbons (Fsp3) is 0.485. The Morgan fingerprint density at radius 3 is 2.02 bits per heavy atom. The number of ketones is 2. The van der Waals surface area contributed by atoms with Gasteiger partial charge in [-0.1, -0.05) is 54.5 Å². The summed E-state index contributed by atoms with van der Waals surface area (Å²) in [5, 5.41) is 20.7. The first kappa shape index (κ1) is 36.8. The van der Waals surface area contributed by atoms with Crippen molar-refractivity contribution in [3.8, 4) is 0 Å². The molecule has 0 bridgehead atoms. The van der Waals surface area contributed by atoms with Crippen molar-refractivity contribution in [2.45, 2.75) is 71.6 Å². The third-order valence-corrected chi connectivity index (χ3v) is 7.32. The summed E-state index contributed by atoms with van der Waals surface area (Å²) < 4.78 is 19.9. The van der Waals surface area contributed by atoms with Crippen molar-refractivity contribution in [2.24, 2.45) is 11.8 Å². The number of rotatable bonds is 16. The van der Waals surface area contributed by atoms with E-state index in [4.69, 9.17) is 19.1 Å². The van der Waals surface area contributed by atoms with E-state index in [2.05, 4.69) is 25.5 Å². The molecule has 0 spiro atoms. The molecule has 0 aliphatic carbocycles. The van der Waals surface area contributed by atoms with Gasteiger partial charge in [-0.15, -0.1) is 0 Å². The molecule has 1 aliphatic rings. The Labute approximate surface area is 272 Å². The van der Waals surface area contributed by atoms with E-state index in [1.165, 1.54) is 19.2 Å². The average Bonchev–Trinajstić information content (AvgIpc) is 3.38. The van der Waals surface area contributed by atoms with Crippen molar-refractivity contribution < 1.29 is 47.6 Å². The molecule has 14 nitrogen and oxygen atoms in total. The van der Waals surface area contributed by atoms with E-state index < -0.39 is 41.4 Å². The Balaban J connectivity index is 0.000000573. The number of ether oxygens (including phenoxy) is 2. The van der Waals surface area contributed by atoms with E-state index >= 15 is 0 Å². The molecule has 3 heterocycles. The number of aromatic nitrogens is 2. The lowest BCUT2D eigenvalue weighted by molar-refractivity contribution is -0.134. The molecule has 1 aliphatic heterocycles. The topological polar surface area (TPSA) is 203 Å². The van der Waals surface area contributed by atoms with Crippen molar-refractivity contribution in [1.82, 2.24) is 20.9 Å². The van der Waals surface area contributed by atoms with Crippen LogP contribution in [0.4, 0.5) is 0 Å². The number of nitrogens with one attached hydrogen (secondary N) is 2. The van der Waals surface area contributed by atoms with Crippen LogP contribution in [0, 0.1) is 25.7 Å². The highest BCUT2D eigenvalue weighted by Crippen LogP contribution is 2.30. The number of nitrogens with zero attached hydrogens (tertiary/aromatic N) is 2. The number of carbonyl (C=O) groups is 5. The molecule has 0 radical (unpaired) electrons. The van der Waals surface area contributed by atoms with Gasteiger partial charge in [0.2, 0.25) is 5.91 Å². The first-order valence-electron chi connectivity index (χ1n) is 15.2. The number of carboxylic acids is 1. The van der Waals surface area contributed by atoms with E-state index in [0.717, 1.165) is 5.56 Å². The van der Waals surface area contributed by atoms with E-state index in [0.29, 0.717) is 24.5 Å². The zero-order valence-corrected chi connectivity index (χ0v) is 27.4. The van der Waals surface area contributed by atoms with Gasteiger partial charge in [-0.3, -0.25) is 19.2 Å². The number of aromatic carboxylic acids is 1. The highest BCUT2D eigenvalue weighted by Gasteiger charge is 2.50. The Bertz CT molecular complexity index is 1530. The summed E-state index contributed by atoms with van der Waals surface area (Å²) in [6, 6.07) is 10.4. The molecule has 0 unspecified atom stereocenters. The number of hydrogen-bond acceptors (Lipinski definition) is 11. The van der Waals surface area contributed by atoms with Crippen LogP contribution in [-0.2, 0) is 30.3 Å². The summed E-state index contributed by atoms with van der Waals surface area (Å²) >= 11 is 0. The van der Waals surface area contributed by atoms with Crippen molar-refractivity contribution >= 4 is 29.4 Å². The number of Topliss-reactive ketones (excluding diaryl/α,β-unsaturated/α-hetero) is 2. The third kappa shape index (κ3) is 11.3. The van der Waals surface area contributed by atoms with Gasteiger partial charge in [0, 0.05) is 31.6 Å². The Kier molecular flexibility index (Phi) is 13.1. The van der Waals surface area contributed by atoms with Crippen LogP contribution in [0.1, 0.15) is 71.7 Å². The summed E-state index contributed by atoms with van der Waals surface area (Å²) in [6.45, 7) is 9.20. The van der Waals surface area contributed by atoms with Crippen LogP contribution >= 0.6 is 0 Å². The molecule has 1 fully saturated rings. The lowest BCUT2D eigenvalue weighted by Gasteiger charge is -2.25. The largest absolute Gasteiger partial charge is 0.476 e. The molecule has 0 saturated carbocycles. The Morgan fingerprint density at radius 1 is 0.957 bits per heavy atom. The molecule has 4 rings (SSSR count). The van der Waals surface area contributed by atoms with Gasteiger partial charge in [0.05, 0.1) is 19.3 Å². The molecule has 14 heteroatoms. The number of aryl methyl sites for hydroxylation is 2. The average molecular weight is 655 g/mol. The minimum Gasteiger partial charge on any atom is -0.476 e. The highest BCUT2D eigenvalue weighted by atomic mass is 16.6. The smallest absolute Gasteiger partial charge is 0.358 e. The second kappa shape index (κ2) is 16.7. The molecule has 47 heavy (non-hydrogen) atoms. The molecule has 254 valence electrons. The monoisotopic (exact) mass is 654 g/mol. The standard InChI is InChI=1S/C28H37N3O7.C5H5NO3/c1-17(2)11-21(25(33)28(4)16-37-28)29-26(34)20(13-19-9-7-6-8-10-19)14-24(32)23(15-36-5)30-27(35)22-12-18(3)38-31-22;1-3-2-4(5(7)8)6-9-3/h6-10,12,17,20-21,23H,11,13-16H2,1-5H3,(H,29,34)(H,30,35);2H,1H3,(H,7,8)/t20-,21+,23+,28-;/m1./s1. The maximum Gasteiger partial charge on any atom is 0.358 e. The first-order chi connectivity index (χ1) is 22.2. The van der Waals surface area contributed by atoms with Crippen LogP contribution in [0.3, 0.4) is 0 Å². The van der Waals surface area contributed by atoms with Gasteiger partial charge >= 0.3 is 5.97 Å². The summed E-state index contributed by atoms with van der Waals surface area (Å²) in [7, 11) is 1.42. The number of carboxylic acid groups (broad SMARTS) is 1. The van der Waals surface area contributed by atoms with E-state index in [1.54, 1.807) is 20.8 Å². The summed E-state index contributed by atoms with van der Waals surface area (Å²) in [5.41, 5.74) is -0.0198. The molecule has 3 N–H and O–H groups in total. The molecule has 1 aromatic carbocycles. The minimum atomic E-state index is -1.06. The predicted molar refractivity (Wildman–Crippen MR) is 167 cm³/mol.